The van der Waals surface area contributed by atoms with Crippen molar-refractivity contribution in [2.45, 2.75) is 70.1 Å². The van der Waals surface area contributed by atoms with Crippen LogP contribution in [0.3, 0.4) is 0 Å². The molecule has 3 atom stereocenters. The summed E-state index contributed by atoms with van der Waals surface area (Å²) in [6.45, 7) is 8.24. The minimum atomic E-state index is -1.07. The lowest BCUT2D eigenvalue weighted by Crippen LogP contribution is -2.56. The molecule has 0 aliphatic carbocycles. The summed E-state index contributed by atoms with van der Waals surface area (Å²) in [5, 5.41) is 20.0. The molecule has 0 bridgehead atoms. The van der Waals surface area contributed by atoms with Crippen molar-refractivity contribution in [1.29, 1.82) is 0 Å². The molecule has 0 saturated carbocycles. The van der Waals surface area contributed by atoms with E-state index in [9.17, 15) is 23.5 Å². The second kappa shape index (κ2) is 10.8. The zero-order chi connectivity index (χ0) is 25.8. The minimum Gasteiger partial charge on any atom is -0.390 e. The molecule has 6 nitrogen and oxygen atoms in total. The van der Waals surface area contributed by atoms with Crippen molar-refractivity contribution < 1.29 is 23.5 Å². The minimum absolute atomic E-state index is 0.0457. The molecular formula is C27H35F2N3O3. The van der Waals surface area contributed by atoms with Crippen LogP contribution in [-0.2, 0) is 27.0 Å². The fraction of sp³-hybridized carbons (Fsp3) is 0.481. The zero-order valence-electron chi connectivity index (χ0n) is 20.8. The third kappa shape index (κ3) is 7.08. The Labute approximate surface area is 205 Å². The molecule has 4 N–H and O–H groups in total. The molecule has 35 heavy (non-hydrogen) atoms. The van der Waals surface area contributed by atoms with E-state index in [2.05, 4.69) is 48.9 Å². The van der Waals surface area contributed by atoms with Crippen molar-refractivity contribution in [1.82, 2.24) is 16.0 Å². The average molecular weight is 488 g/mol. The highest BCUT2D eigenvalue weighted by atomic mass is 19.1. The fourth-order valence-electron chi connectivity index (χ4n) is 4.59. The Balaban J connectivity index is 1.84. The molecule has 0 spiro atoms. The van der Waals surface area contributed by atoms with Gasteiger partial charge in [0.2, 0.25) is 11.8 Å². The number of aliphatic hydroxyl groups is 1. The largest absolute Gasteiger partial charge is 0.390 e. The number of aliphatic hydroxyl groups excluding tert-OH is 1. The first kappa shape index (κ1) is 26.8. The maximum Gasteiger partial charge on any atom is 0.222 e. The molecule has 2 amide bonds. The van der Waals surface area contributed by atoms with Crippen molar-refractivity contribution in [2.24, 2.45) is 0 Å². The van der Waals surface area contributed by atoms with Crippen LogP contribution in [0, 0.1) is 11.6 Å². The molecule has 1 aliphatic rings. The number of halogens is 2. The molecule has 2 aromatic rings. The monoisotopic (exact) mass is 487 g/mol. The number of amides is 2. The summed E-state index contributed by atoms with van der Waals surface area (Å²) >= 11 is 0. The second-order valence-corrected chi connectivity index (χ2v) is 10.4. The highest BCUT2D eigenvalue weighted by Gasteiger charge is 2.38. The third-order valence-electron chi connectivity index (χ3n) is 6.50. The number of carbonyl (C=O) groups is 2. The summed E-state index contributed by atoms with van der Waals surface area (Å²) < 4.78 is 27.4. The second-order valence-electron chi connectivity index (χ2n) is 10.4. The van der Waals surface area contributed by atoms with E-state index < -0.39 is 29.3 Å². The molecule has 1 heterocycles. The summed E-state index contributed by atoms with van der Waals surface area (Å²) in [6.07, 6.45) is -0.200. The summed E-state index contributed by atoms with van der Waals surface area (Å²) in [7, 11) is 0. The molecule has 3 unspecified atom stereocenters. The topological polar surface area (TPSA) is 90.5 Å². The number of carbonyl (C=O) groups excluding carboxylic acids is 2. The summed E-state index contributed by atoms with van der Waals surface area (Å²) in [5.41, 5.74) is 1.63. The predicted molar refractivity (Wildman–Crippen MR) is 131 cm³/mol. The van der Waals surface area contributed by atoms with Gasteiger partial charge in [0, 0.05) is 32.5 Å². The summed E-state index contributed by atoms with van der Waals surface area (Å²) in [4.78, 5) is 24.2. The van der Waals surface area contributed by atoms with Gasteiger partial charge in [0.25, 0.3) is 0 Å². The Hall–Kier alpha value is -2.84. The number of benzene rings is 2. The van der Waals surface area contributed by atoms with Gasteiger partial charge in [-0.05, 0) is 47.1 Å². The van der Waals surface area contributed by atoms with Gasteiger partial charge in [-0.1, -0.05) is 45.0 Å². The van der Waals surface area contributed by atoms with Crippen molar-refractivity contribution >= 4 is 11.8 Å². The maximum atomic E-state index is 13.7. The number of rotatable bonds is 8. The van der Waals surface area contributed by atoms with Gasteiger partial charge in [-0.15, -0.1) is 0 Å². The zero-order valence-corrected chi connectivity index (χ0v) is 20.8. The standard InChI is InChI=1S/C27H35F2N3O3/c1-17(33)32-23(12-18-10-21(28)14-22(29)11-18)24(34)16-31-27(8-9-30-25(35)15-27)20-7-5-6-19(13-20)26(2,3)4/h5-7,10-11,13-14,23-24,31,34H,8-9,12,15-16H2,1-4H3,(H,30,35)(H,32,33). The van der Waals surface area contributed by atoms with Crippen molar-refractivity contribution in [2.75, 3.05) is 13.1 Å². The normalized spacial score (nSPS) is 20.1. The summed E-state index contributed by atoms with van der Waals surface area (Å²) in [6, 6.07) is 10.5. The lowest BCUT2D eigenvalue weighted by Gasteiger charge is -2.40. The molecule has 1 aliphatic heterocycles. The summed E-state index contributed by atoms with van der Waals surface area (Å²) in [5.74, 6) is -1.90. The average Bonchev–Trinajstić information content (AvgIpc) is 2.75. The first-order valence-electron chi connectivity index (χ1n) is 11.9. The smallest absolute Gasteiger partial charge is 0.222 e. The van der Waals surface area contributed by atoms with Gasteiger partial charge in [-0.3, -0.25) is 9.59 Å². The number of piperidine rings is 1. The lowest BCUT2D eigenvalue weighted by atomic mass is 9.77. The van der Waals surface area contributed by atoms with Gasteiger partial charge in [-0.25, -0.2) is 8.78 Å². The molecule has 190 valence electrons. The molecular weight excluding hydrogens is 452 g/mol. The molecule has 2 aromatic carbocycles. The van der Waals surface area contributed by atoms with Crippen LogP contribution in [0.4, 0.5) is 8.78 Å². The molecule has 8 heteroatoms. The maximum absolute atomic E-state index is 13.7. The highest BCUT2D eigenvalue weighted by molar-refractivity contribution is 5.78. The van der Waals surface area contributed by atoms with E-state index >= 15 is 0 Å². The van der Waals surface area contributed by atoms with E-state index in [0.717, 1.165) is 17.2 Å². The number of nitrogens with one attached hydrogen (secondary N) is 3. The van der Waals surface area contributed by atoms with Gasteiger partial charge in [0.15, 0.2) is 0 Å². The quantitative estimate of drug-likeness (QED) is 0.461. The first-order valence-corrected chi connectivity index (χ1v) is 11.9. The van der Waals surface area contributed by atoms with E-state index in [4.69, 9.17) is 0 Å². The van der Waals surface area contributed by atoms with E-state index in [0.29, 0.717) is 18.5 Å². The number of hydrogen-bond acceptors (Lipinski definition) is 4. The van der Waals surface area contributed by atoms with Gasteiger partial charge in [-0.2, -0.15) is 0 Å². The SMILES string of the molecule is CC(=O)NC(Cc1cc(F)cc(F)c1)C(O)CNC1(c2cccc(C(C)(C)C)c2)CCNC(=O)C1. The Morgan fingerprint density at radius 2 is 1.86 bits per heavy atom. The van der Waals surface area contributed by atoms with E-state index in [1.54, 1.807) is 0 Å². The van der Waals surface area contributed by atoms with Crippen LogP contribution >= 0.6 is 0 Å². The Kier molecular flexibility index (Phi) is 8.28. The van der Waals surface area contributed by atoms with E-state index in [1.807, 2.05) is 12.1 Å². The molecule has 0 radical (unpaired) electrons. The Morgan fingerprint density at radius 3 is 2.46 bits per heavy atom. The van der Waals surface area contributed by atoms with Crippen LogP contribution in [-0.4, -0.2) is 42.2 Å². The highest BCUT2D eigenvalue weighted by Crippen LogP contribution is 2.34. The molecule has 3 rings (SSSR count). The van der Waals surface area contributed by atoms with E-state index in [-0.39, 0.29) is 36.6 Å². The number of hydrogen-bond donors (Lipinski definition) is 4. The molecule has 0 aromatic heterocycles. The van der Waals surface area contributed by atoms with Crippen LogP contribution in [0.2, 0.25) is 0 Å². The van der Waals surface area contributed by atoms with Crippen molar-refractivity contribution in [3.8, 4) is 0 Å². The first-order chi connectivity index (χ1) is 16.4. The van der Waals surface area contributed by atoms with Crippen LogP contribution in [0.1, 0.15) is 57.2 Å². The van der Waals surface area contributed by atoms with Crippen LogP contribution in [0.15, 0.2) is 42.5 Å². The van der Waals surface area contributed by atoms with Gasteiger partial charge in [0.05, 0.1) is 17.7 Å². The van der Waals surface area contributed by atoms with Gasteiger partial charge < -0.3 is 21.1 Å². The Morgan fingerprint density at radius 1 is 1.17 bits per heavy atom. The lowest BCUT2D eigenvalue weighted by molar-refractivity contribution is -0.124. The molecule has 1 fully saturated rings. The van der Waals surface area contributed by atoms with Crippen molar-refractivity contribution in [3.05, 3.63) is 70.8 Å². The van der Waals surface area contributed by atoms with Crippen molar-refractivity contribution in [3.63, 3.8) is 0 Å². The Bertz CT molecular complexity index is 1050. The van der Waals surface area contributed by atoms with E-state index in [1.165, 1.54) is 19.1 Å². The van der Waals surface area contributed by atoms with Crippen LogP contribution < -0.4 is 16.0 Å². The fourth-order valence-corrected chi connectivity index (χ4v) is 4.59. The molecule has 1 saturated heterocycles. The predicted octanol–water partition coefficient (Wildman–Crippen LogP) is 3.07. The third-order valence-corrected chi connectivity index (χ3v) is 6.50. The van der Waals surface area contributed by atoms with Crippen LogP contribution in [0.5, 0.6) is 0 Å². The van der Waals surface area contributed by atoms with Gasteiger partial charge in [0.1, 0.15) is 11.6 Å². The van der Waals surface area contributed by atoms with Gasteiger partial charge >= 0.3 is 0 Å². The van der Waals surface area contributed by atoms with Crippen LogP contribution in [0.25, 0.3) is 0 Å².